The second-order valence-electron chi connectivity index (χ2n) is 7.78. The van der Waals surface area contributed by atoms with Crippen LogP contribution in [0.3, 0.4) is 0 Å². The summed E-state index contributed by atoms with van der Waals surface area (Å²) in [5.41, 5.74) is 8.61. The van der Waals surface area contributed by atoms with E-state index in [-0.39, 0.29) is 29.5 Å². The standard InChI is InChI=1S/C22H28ClN3O3/c1-4-12(3)25-20(27)13(5-2)18-16(23)10-11-17(19(18)24)26-21(28)14-8-6-7-9-15(14)22(26)29/h10-13H,4-9,24H2,1-3H3,(H,25,27). The molecule has 156 valence electrons. The van der Waals surface area contributed by atoms with Gasteiger partial charge in [-0.1, -0.05) is 25.4 Å². The summed E-state index contributed by atoms with van der Waals surface area (Å²) in [6, 6.07) is 3.23. The van der Waals surface area contributed by atoms with Gasteiger partial charge in [-0.05, 0) is 57.6 Å². The maximum Gasteiger partial charge on any atom is 0.261 e. The van der Waals surface area contributed by atoms with E-state index in [0.29, 0.717) is 46.7 Å². The lowest BCUT2D eigenvalue weighted by atomic mass is 9.92. The maximum atomic E-state index is 12.9. The normalized spacial score (nSPS) is 18.7. The van der Waals surface area contributed by atoms with Gasteiger partial charge in [-0.3, -0.25) is 14.4 Å². The first-order chi connectivity index (χ1) is 13.8. The van der Waals surface area contributed by atoms with Gasteiger partial charge in [-0.15, -0.1) is 0 Å². The Morgan fingerprint density at radius 1 is 1.14 bits per heavy atom. The monoisotopic (exact) mass is 417 g/mol. The Bertz CT molecular complexity index is 866. The van der Waals surface area contributed by atoms with Gasteiger partial charge in [0.2, 0.25) is 5.91 Å². The Morgan fingerprint density at radius 2 is 1.72 bits per heavy atom. The number of nitrogens with one attached hydrogen (secondary N) is 1. The Labute approximate surface area is 176 Å². The van der Waals surface area contributed by atoms with E-state index in [1.165, 1.54) is 0 Å². The topological polar surface area (TPSA) is 92.5 Å². The van der Waals surface area contributed by atoms with Crippen molar-refractivity contribution in [1.29, 1.82) is 0 Å². The van der Waals surface area contributed by atoms with Gasteiger partial charge < -0.3 is 11.1 Å². The summed E-state index contributed by atoms with van der Waals surface area (Å²) >= 11 is 6.43. The summed E-state index contributed by atoms with van der Waals surface area (Å²) in [7, 11) is 0. The van der Waals surface area contributed by atoms with Crippen molar-refractivity contribution in [1.82, 2.24) is 5.32 Å². The maximum absolute atomic E-state index is 12.9. The van der Waals surface area contributed by atoms with Crippen molar-refractivity contribution in [2.24, 2.45) is 0 Å². The molecule has 1 aliphatic carbocycles. The number of anilines is 2. The molecule has 1 heterocycles. The van der Waals surface area contributed by atoms with Gasteiger partial charge in [0.15, 0.2) is 0 Å². The molecule has 0 saturated carbocycles. The fourth-order valence-electron chi connectivity index (χ4n) is 4.07. The molecule has 3 N–H and O–H groups in total. The number of hydrogen-bond acceptors (Lipinski definition) is 4. The number of hydrogen-bond donors (Lipinski definition) is 2. The van der Waals surface area contributed by atoms with Gasteiger partial charge >= 0.3 is 0 Å². The summed E-state index contributed by atoms with van der Waals surface area (Å²) in [6.07, 6.45) is 4.34. The number of imide groups is 1. The average Bonchev–Trinajstić information content (AvgIpc) is 2.96. The number of nitrogens with zero attached hydrogens (tertiary/aromatic N) is 1. The molecule has 2 atom stereocenters. The van der Waals surface area contributed by atoms with E-state index in [9.17, 15) is 14.4 Å². The van der Waals surface area contributed by atoms with Crippen molar-refractivity contribution >= 4 is 40.7 Å². The molecule has 1 aromatic carbocycles. The molecule has 0 saturated heterocycles. The van der Waals surface area contributed by atoms with Crippen molar-refractivity contribution < 1.29 is 14.4 Å². The van der Waals surface area contributed by atoms with Crippen LogP contribution < -0.4 is 16.0 Å². The van der Waals surface area contributed by atoms with Gasteiger partial charge in [0.1, 0.15) is 0 Å². The minimum absolute atomic E-state index is 0.0254. The van der Waals surface area contributed by atoms with E-state index in [1.807, 2.05) is 20.8 Å². The highest BCUT2D eigenvalue weighted by molar-refractivity contribution is 6.35. The zero-order chi connectivity index (χ0) is 21.3. The molecule has 3 amide bonds. The number of carbonyl (C=O) groups excluding carboxylic acids is 3. The predicted octanol–water partition coefficient (Wildman–Crippen LogP) is 4.07. The van der Waals surface area contributed by atoms with Crippen LogP contribution in [-0.4, -0.2) is 23.8 Å². The van der Waals surface area contributed by atoms with Crippen LogP contribution in [0.1, 0.15) is 70.8 Å². The number of nitrogen functional groups attached to an aromatic ring is 1. The smallest absolute Gasteiger partial charge is 0.261 e. The highest BCUT2D eigenvalue weighted by Gasteiger charge is 2.41. The lowest BCUT2D eigenvalue weighted by molar-refractivity contribution is -0.123. The van der Waals surface area contributed by atoms with E-state index in [1.54, 1.807) is 12.1 Å². The zero-order valence-corrected chi connectivity index (χ0v) is 17.9. The summed E-state index contributed by atoms with van der Waals surface area (Å²) in [4.78, 5) is 39.9. The Kier molecular flexibility index (Phi) is 6.32. The number of amides is 3. The minimum Gasteiger partial charge on any atom is -0.397 e. The molecule has 2 aliphatic rings. The predicted molar refractivity (Wildman–Crippen MR) is 115 cm³/mol. The van der Waals surface area contributed by atoms with Crippen LogP contribution in [0.5, 0.6) is 0 Å². The van der Waals surface area contributed by atoms with Crippen molar-refractivity contribution in [2.45, 2.75) is 71.3 Å². The van der Waals surface area contributed by atoms with Crippen molar-refractivity contribution in [3.63, 3.8) is 0 Å². The molecule has 1 aliphatic heterocycles. The van der Waals surface area contributed by atoms with Crippen LogP contribution in [0.25, 0.3) is 0 Å². The SMILES string of the molecule is CCC(C)NC(=O)C(CC)c1c(Cl)ccc(N2C(=O)C3=C(CCCC3)C2=O)c1N. The van der Waals surface area contributed by atoms with Crippen molar-refractivity contribution in [3.8, 4) is 0 Å². The van der Waals surface area contributed by atoms with Crippen molar-refractivity contribution in [2.75, 3.05) is 10.6 Å². The van der Waals surface area contributed by atoms with Crippen LogP contribution in [-0.2, 0) is 14.4 Å². The quantitative estimate of drug-likeness (QED) is 0.538. The lowest BCUT2D eigenvalue weighted by Crippen LogP contribution is -2.36. The number of nitrogens with two attached hydrogens (primary N) is 1. The molecular weight excluding hydrogens is 390 g/mol. The van der Waals surface area contributed by atoms with Crippen LogP contribution >= 0.6 is 11.6 Å². The van der Waals surface area contributed by atoms with Crippen LogP contribution in [0.15, 0.2) is 23.3 Å². The number of halogens is 1. The van der Waals surface area contributed by atoms with Crippen LogP contribution in [0.2, 0.25) is 5.02 Å². The molecular formula is C22H28ClN3O3. The highest BCUT2D eigenvalue weighted by atomic mass is 35.5. The molecule has 0 fully saturated rings. The van der Waals surface area contributed by atoms with E-state index in [0.717, 1.165) is 24.2 Å². The molecule has 0 bridgehead atoms. The van der Waals surface area contributed by atoms with E-state index >= 15 is 0 Å². The Hall–Kier alpha value is -2.34. The molecule has 0 aromatic heterocycles. The van der Waals surface area contributed by atoms with Gasteiger partial charge in [-0.25, -0.2) is 4.90 Å². The van der Waals surface area contributed by atoms with Crippen LogP contribution in [0, 0.1) is 0 Å². The summed E-state index contributed by atoms with van der Waals surface area (Å²) in [5, 5.41) is 3.33. The third-order valence-corrected chi connectivity index (χ3v) is 6.25. The number of benzene rings is 1. The highest BCUT2D eigenvalue weighted by Crippen LogP contribution is 2.42. The molecule has 3 rings (SSSR count). The fraction of sp³-hybridized carbons (Fsp3) is 0.500. The molecule has 1 aromatic rings. The van der Waals surface area contributed by atoms with E-state index in [2.05, 4.69) is 5.32 Å². The Morgan fingerprint density at radius 3 is 2.24 bits per heavy atom. The second-order valence-corrected chi connectivity index (χ2v) is 8.19. The summed E-state index contributed by atoms with van der Waals surface area (Å²) in [5.74, 6) is -1.33. The molecule has 0 spiro atoms. The third kappa shape index (κ3) is 3.78. The van der Waals surface area contributed by atoms with Gasteiger partial charge in [0.05, 0.1) is 17.3 Å². The number of carbonyl (C=O) groups is 3. The summed E-state index contributed by atoms with van der Waals surface area (Å²) in [6.45, 7) is 5.81. The first-order valence-corrected chi connectivity index (χ1v) is 10.7. The van der Waals surface area contributed by atoms with Gasteiger partial charge in [-0.2, -0.15) is 0 Å². The summed E-state index contributed by atoms with van der Waals surface area (Å²) < 4.78 is 0. The van der Waals surface area contributed by atoms with Crippen molar-refractivity contribution in [3.05, 3.63) is 33.9 Å². The largest absolute Gasteiger partial charge is 0.397 e. The second kappa shape index (κ2) is 8.57. The first-order valence-electron chi connectivity index (χ1n) is 10.3. The molecule has 6 nitrogen and oxygen atoms in total. The molecule has 0 radical (unpaired) electrons. The zero-order valence-electron chi connectivity index (χ0n) is 17.2. The van der Waals surface area contributed by atoms with E-state index < -0.39 is 5.92 Å². The Balaban J connectivity index is 2.01. The van der Waals surface area contributed by atoms with Gasteiger partial charge in [0, 0.05) is 27.8 Å². The lowest BCUT2D eigenvalue weighted by Gasteiger charge is -2.25. The molecule has 7 heteroatoms. The van der Waals surface area contributed by atoms with Crippen LogP contribution in [0.4, 0.5) is 11.4 Å². The minimum atomic E-state index is -0.563. The fourth-order valence-corrected chi connectivity index (χ4v) is 4.37. The molecule has 29 heavy (non-hydrogen) atoms. The molecule has 2 unspecified atom stereocenters. The van der Waals surface area contributed by atoms with Gasteiger partial charge in [0.25, 0.3) is 11.8 Å². The average molecular weight is 418 g/mol. The number of rotatable bonds is 6. The third-order valence-electron chi connectivity index (χ3n) is 5.92. The first kappa shape index (κ1) is 21.4. The van der Waals surface area contributed by atoms with E-state index in [4.69, 9.17) is 17.3 Å².